The van der Waals surface area contributed by atoms with Crippen molar-refractivity contribution in [2.75, 3.05) is 23.9 Å². The zero-order valence-electron chi connectivity index (χ0n) is 10.8. The van der Waals surface area contributed by atoms with Gasteiger partial charge in [-0.3, -0.25) is 4.79 Å². The molecule has 1 aliphatic heterocycles. The molecular weight excluding hydrogens is 310 g/mol. The lowest BCUT2D eigenvalue weighted by molar-refractivity contribution is -0.136. The molecule has 0 saturated heterocycles. The fraction of sp³-hybridized carbons (Fsp3) is 0.286. The molecule has 0 saturated carbocycles. The smallest absolute Gasteiger partial charge is 0.335 e. The zero-order valence-corrected chi connectivity index (χ0v) is 12.4. The van der Waals surface area contributed by atoms with Gasteiger partial charge >= 0.3 is 5.97 Å². The Kier molecular flexibility index (Phi) is 4.04. The molecule has 1 amide bonds. The number of halogens is 1. The van der Waals surface area contributed by atoms with Crippen molar-refractivity contribution < 1.29 is 14.3 Å². The molecule has 2 rings (SSSR count). The largest absolute Gasteiger partial charge is 0.466 e. The Hall–Kier alpha value is -1.62. The van der Waals surface area contributed by atoms with E-state index in [1.807, 2.05) is 31.2 Å². The molecule has 5 heteroatoms. The number of rotatable bonds is 3. The second-order valence-electron chi connectivity index (χ2n) is 4.05. The van der Waals surface area contributed by atoms with Gasteiger partial charge in [0.05, 0.1) is 23.9 Å². The van der Waals surface area contributed by atoms with E-state index in [1.165, 1.54) is 7.11 Å². The average molecular weight is 324 g/mol. The summed E-state index contributed by atoms with van der Waals surface area (Å²) in [4.78, 5) is 25.9. The lowest BCUT2D eigenvalue weighted by atomic mass is 10.0. The number of carbonyl (C=O) groups is 2. The molecule has 0 N–H and O–H groups in total. The molecule has 1 aliphatic rings. The van der Waals surface area contributed by atoms with Gasteiger partial charge in [0.1, 0.15) is 0 Å². The topological polar surface area (TPSA) is 46.6 Å². The lowest BCUT2D eigenvalue weighted by Gasteiger charge is -2.13. The predicted octanol–water partition coefficient (Wildman–Crippen LogP) is 2.37. The van der Waals surface area contributed by atoms with Crippen LogP contribution in [0.2, 0.25) is 0 Å². The van der Waals surface area contributed by atoms with Crippen molar-refractivity contribution in [3.8, 4) is 0 Å². The van der Waals surface area contributed by atoms with Gasteiger partial charge in [0.25, 0.3) is 5.91 Å². The van der Waals surface area contributed by atoms with Gasteiger partial charge in [0, 0.05) is 17.4 Å². The third-order valence-corrected chi connectivity index (χ3v) is 3.67. The highest BCUT2D eigenvalue weighted by molar-refractivity contribution is 9.09. The van der Waals surface area contributed by atoms with Crippen molar-refractivity contribution >= 4 is 39.1 Å². The third kappa shape index (κ3) is 2.18. The van der Waals surface area contributed by atoms with Crippen LogP contribution < -0.4 is 4.90 Å². The Morgan fingerprint density at radius 1 is 1.37 bits per heavy atom. The van der Waals surface area contributed by atoms with Crippen LogP contribution in [0.1, 0.15) is 12.5 Å². The average Bonchev–Trinajstić information content (AvgIpc) is 2.72. The number of para-hydroxylation sites is 1. The molecule has 19 heavy (non-hydrogen) atoms. The zero-order chi connectivity index (χ0) is 14.0. The van der Waals surface area contributed by atoms with E-state index >= 15 is 0 Å². The first kappa shape index (κ1) is 13.8. The van der Waals surface area contributed by atoms with E-state index in [0.29, 0.717) is 17.7 Å². The number of ether oxygens (including phenoxy) is 1. The van der Waals surface area contributed by atoms with Crippen molar-refractivity contribution in [3.05, 3.63) is 35.4 Å². The van der Waals surface area contributed by atoms with Crippen molar-refractivity contribution in [3.63, 3.8) is 0 Å². The molecule has 0 radical (unpaired) electrons. The lowest BCUT2D eigenvalue weighted by Crippen LogP contribution is -2.26. The number of likely N-dealkylation sites (N-methyl/N-ethyl adjacent to an activating group) is 1. The Morgan fingerprint density at radius 2 is 2.05 bits per heavy atom. The number of carbonyl (C=O) groups excluding carboxylic acids is 2. The van der Waals surface area contributed by atoms with Gasteiger partial charge in [0.15, 0.2) is 0 Å². The van der Waals surface area contributed by atoms with Gasteiger partial charge < -0.3 is 9.64 Å². The van der Waals surface area contributed by atoms with E-state index in [-0.39, 0.29) is 11.2 Å². The van der Waals surface area contributed by atoms with Crippen LogP contribution in [0.3, 0.4) is 0 Å². The van der Waals surface area contributed by atoms with Crippen LogP contribution in [0.5, 0.6) is 0 Å². The van der Waals surface area contributed by atoms with Gasteiger partial charge in [-0.1, -0.05) is 34.1 Å². The van der Waals surface area contributed by atoms with Crippen LogP contribution in [0.15, 0.2) is 29.8 Å². The molecule has 0 bridgehead atoms. The maximum atomic E-state index is 12.5. The number of benzene rings is 1. The maximum Gasteiger partial charge on any atom is 0.335 e. The number of esters is 1. The number of alkyl halides is 1. The monoisotopic (exact) mass is 323 g/mol. The molecule has 0 aromatic heterocycles. The van der Waals surface area contributed by atoms with Crippen molar-refractivity contribution in [1.29, 1.82) is 0 Å². The summed E-state index contributed by atoms with van der Waals surface area (Å²) >= 11 is 3.26. The first-order chi connectivity index (χ1) is 9.15. The normalized spacial score (nSPS) is 16.4. The molecule has 1 aromatic rings. The fourth-order valence-electron chi connectivity index (χ4n) is 2.23. The fourth-order valence-corrected chi connectivity index (χ4v) is 2.74. The molecule has 1 heterocycles. The van der Waals surface area contributed by atoms with E-state index in [4.69, 9.17) is 4.74 Å². The molecule has 1 aromatic carbocycles. The highest BCUT2D eigenvalue weighted by Gasteiger charge is 2.34. The molecule has 0 fully saturated rings. The number of hydrogen-bond acceptors (Lipinski definition) is 3. The van der Waals surface area contributed by atoms with E-state index in [9.17, 15) is 9.59 Å². The summed E-state index contributed by atoms with van der Waals surface area (Å²) in [5.74, 6) is -0.628. The minimum Gasteiger partial charge on any atom is -0.466 e. The first-order valence-electron chi connectivity index (χ1n) is 5.94. The summed E-state index contributed by atoms with van der Waals surface area (Å²) in [5.41, 5.74) is 2.42. The van der Waals surface area contributed by atoms with E-state index in [1.54, 1.807) is 4.90 Å². The summed E-state index contributed by atoms with van der Waals surface area (Å²) in [6, 6.07) is 7.47. The van der Waals surface area contributed by atoms with Crippen LogP contribution in [-0.4, -0.2) is 30.9 Å². The molecule has 0 atom stereocenters. The molecule has 0 spiro atoms. The minimum atomic E-state index is -0.479. The number of anilines is 1. The number of methoxy groups -OCH3 is 1. The van der Waals surface area contributed by atoms with E-state index in [0.717, 1.165) is 11.3 Å². The number of hydrogen-bond donors (Lipinski definition) is 0. The van der Waals surface area contributed by atoms with Crippen molar-refractivity contribution in [1.82, 2.24) is 0 Å². The number of fused-ring (bicyclic) bond motifs is 1. The minimum absolute atomic E-state index is 0.149. The van der Waals surface area contributed by atoms with E-state index in [2.05, 4.69) is 15.9 Å². The highest BCUT2D eigenvalue weighted by atomic mass is 79.9. The Labute approximate surface area is 120 Å². The van der Waals surface area contributed by atoms with Gasteiger partial charge in [-0.15, -0.1) is 0 Å². The summed E-state index contributed by atoms with van der Waals surface area (Å²) in [6.07, 6.45) is 0. The van der Waals surface area contributed by atoms with Crippen LogP contribution in [0, 0.1) is 0 Å². The van der Waals surface area contributed by atoms with Crippen molar-refractivity contribution in [2.24, 2.45) is 0 Å². The van der Waals surface area contributed by atoms with Gasteiger partial charge in [-0.25, -0.2) is 4.79 Å². The van der Waals surface area contributed by atoms with Crippen molar-refractivity contribution in [2.45, 2.75) is 6.92 Å². The molecule has 0 aliphatic carbocycles. The Bertz CT molecular complexity index is 566. The summed E-state index contributed by atoms with van der Waals surface area (Å²) < 4.78 is 4.75. The van der Waals surface area contributed by atoms with Crippen LogP contribution in [0.4, 0.5) is 5.69 Å². The summed E-state index contributed by atoms with van der Waals surface area (Å²) in [6.45, 7) is 2.47. The Balaban J connectivity index is 2.67. The number of amides is 1. The quantitative estimate of drug-likeness (QED) is 0.487. The molecule has 4 nitrogen and oxygen atoms in total. The molecule has 0 unspecified atom stereocenters. The van der Waals surface area contributed by atoms with Gasteiger partial charge in [-0.2, -0.15) is 0 Å². The predicted molar refractivity (Wildman–Crippen MR) is 77.2 cm³/mol. The summed E-state index contributed by atoms with van der Waals surface area (Å²) in [7, 11) is 1.31. The van der Waals surface area contributed by atoms with E-state index < -0.39 is 5.97 Å². The second kappa shape index (κ2) is 5.57. The summed E-state index contributed by atoms with van der Waals surface area (Å²) in [5, 5.41) is 0.284. The first-order valence-corrected chi connectivity index (χ1v) is 7.06. The van der Waals surface area contributed by atoms with Crippen LogP contribution >= 0.6 is 15.9 Å². The maximum absolute atomic E-state index is 12.5. The van der Waals surface area contributed by atoms with Crippen LogP contribution in [-0.2, 0) is 14.3 Å². The molecular formula is C14H14BrNO3. The number of nitrogens with zero attached hydrogens (tertiary/aromatic N) is 1. The SMILES string of the molecule is CCN1C(=O)/C(=C(\CBr)C(=O)OC)c2ccccc21. The Morgan fingerprint density at radius 3 is 2.63 bits per heavy atom. The second-order valence-corrected chi connectivity index (χ2v) is 4.61. The third-order valence-electron chi connectivity index (χ3n) is 3.11. The van der Waals surface area contributed by atoms with Crippen LogP contribution in [0.25, 0.3) is 5.57 Å². The standard InChI is InChI=1S/C14H14BrNO3/c1-3-16-11-7-5-4-6-9(11)12(13(16)17)10(8-15)14(18)19-2/h4-7H,3,8H2,1-2H3/b12-10+. The molecule has 100 valence electrons. The van der Waals surface area contributed by atoms with Gasteiger partial charge in [0.2, 0.25) is 0 Å². The van der Waals surface area contributed by atoms with Gasteiger partial charge in [-0.05, 0) is 13.0 Å². The highest BCUT2D eigenvalue weighted by Crippen LogP contribution is 2.38.